The van der Waals surface area contributed by atoms with Crippen LogP contribution in [0.4, 0.5) is 0 Å². The van der Waals surface area contributed by atoms with Crippen molar-refractivity contribution in [3.8, 4) is 10.9 Å². The van der Waals surface area contributed by atoms with Gasteiger partial charge >= 0.3 is 0 Å². The minimum Gasteiger partial charge on any atom is -0.431 e. The van der Waals surface area contributed by atoms with Gasteiger partial charge in [-0.3, -0.25) is 9.69 Å². The van der Waals surface area contributed by atoms with Gasteiger partial charge < -0.3 is 10.1 Å². The molecule has 158 valence electrons. The first-order valence-corrected chi connectivity index (χ1v) is 11.5. The van der Waals surface area contributed by atoms with Crippen molar-refractivity contribution in [3.05, 3.63) is 53.1 Å². The zero-order valence-corrected chi connectivity index (χ0v) is 18.8. The molecule has 2 atom stereocenters. The van der Waals surface area contributed by atoms with Gasteiger partial charge in [0.25, 0.3) is 5.19 Å². The smallest absolute Gasteiger partial charge is 0.279 e. The van der Waals surface area contributed by atoms with Crippen molar-refractivity contribution in [1.82, 2.24) is 15.2 Å². The van der Waals surface area contributed by atoms with Crippen molar-refractivity contribution >= 4 is 39.1 Å². The Bertz CT molecular complexity index is 1020. The summed E-state index contributed by atoms with van der Waals surface area (Å²) in [6, 6.07) is 14.7. The van der Waals surface area contributed by atoms with Crippen molar-refractivity contribution < 1.29 is 9.53 Å². The molecule has 0 radical (unpaired) electrons. The van der Waals surface area contributed by atoms with E-state index in [2.05, 4.69) is 34.3 Å². The van der Waals surface area contributed by atoms with E-state index in [1.807, 2.05) is 30.3 Å². The van der Waals surface area contributed by atoms with Crippen LogP contribution in [0.1, 0.15) is 38.7 Å². The number of likely N-dealkylation sites (tertiary alicyclic amines) is 1. The van der Waals surface area contributed by atoms with Crippen LogP contribution < -0.4 is 10.1 Å². The number of hydrogen-bond acceptors (Lipinski definition) is 5. The molecule has 1 amide bonds. The zero-order valence-electron chi connectivity index (χ0n) is 17.2. The molecule has 0 bridgehead atoms. The predicted molar refractivity (Wildman–Crippen MR) is 122 cm³/mol. The Morgan fingerprint density at radius 1 is 1.30 bits per heavy atom. The highest BCUT2D eigenvalue weighted by Gasteiger charge is 2.27. The second-order valence-corrected chi connectivity index (χ2v) is 9.17. The molecule has 0 spiro atoms. The van der Waals surface area contributed by atoms with Gasteiger partial charge in [0.05, 0.1) is 9.72 Å². The summed E-state index contributed by atoms with van der Waals surface area (Å²) in [6.07, 6.45) is 3.09. The lowest BCUT2D eigenvalue weighted by Crippen LogP contribution is -2.48. The Balaban J connectivity index is 1.38. The molecule has 0 saturated carbocycles. The molecule has 1 aliphatic rings. The maximum absolute atomic E-state index is 11.4. The minimum atomic E-state index is 0.0642. The molecule has 1 saturated heterocycles. The number of aromatic nitrogens is 1. The SMILES string of the molecule is CC[C@H]1C[C@@H](NC(C)=O)CCN1Cc1ccc(Oc2nc3c(Cl)cccc3s2)cc1. The molecule has 7 heteroatoms. The summed E-state index contributed by atoms with van der Waals surface area (Å²) >= 11 is 7.70. The summed E-state index contributed by atoms with van der Waals surface area (Å²) < 4.78 is 6.97. The van der Waals surface area contributed by atoms with E-state index < -0.39 is 0 Å². The fourth-order valence-corrected chi connectivity index (χ4v) is 5.22. The highest BCUT2D eigenvalue weighted by Crippen LogP contribution is 2.34. The molecule has 0 unspecified atom stereocenters. The second-order valence-electron chi connectivity index (χ2n) is 7.77. The summed E-state index contributed by atoms with van der Waals surface area (Å²) in [5.41, 5.74) is 2.04. The maximum Gasteiger partial charge on any atom is 0.279 e. The third-order valence-electron chi connectivity index (χ3n) is 5.58. The van der Waals surface area contributed by atoms with Gasteiger partial charge in [-0.05, 0) is 49.1 Å². The maximum atomic E-state index is 11.4. The second kappa shape index (κ2) is 9.33. The van der Waals surface area contributed by atoms with Crippen LogP contribution in [0.5, 0.6) is 10.9 Å². The van der Waals surface area contributed by atoms with E-state index in [0.29, 0.717) is 22.3 Å². The number of piperidine rings is 1. The molecule has 1 aromatic heterocycles. The third-order valence-corrected chi connectivity index (χ3v) is 6.78. The number of carbonyl (C=O) groups excluding carboxylic acids is 1. The number of fused-ring (bicyclic) bond motifs is 1. The number of rotatable bonds is 6. The molecule has 3 aromatic rings. The molecule has 1 fully saturated rings. The standard InChI is InChI=1S/C23H26ClN3O2S/c1-3-18-13-17(25-15(2)28)11-12-27(18)14-16-7-9-19(10-8-16)29-23-26-22-20(24)5-4-6-21(22)30-23/h4-10,17-18H,3,11-14H2,1-2H3,(H,25,28)/t17-,18-/m0/s1. The minimum absolute atomic E-state index is 0.0642. The number of ether oxygens (including phenoxy) is 1. The lowest BCUT2D eigenvalue weighted by atomic mass is 9.94. The number of nitrogens with one attached hydrogen (secondary N) is 1. The summed E-state index contributed by atoms with van der Waals surface area (Å²) in [5, 5.41) is 4.31. The van der Waals surface area contributed by atoms with Crippen LogP contribution in [-0.4, -0.2) is 34.4 Å². The van der Waals surface area contributed by atoms with Gasteiger partial charge in [-0.15, -0.1) is 0 Å². The van der Waals surface area contributed by atoms with Gasteiger partial charge in [0.1, 0.15) is 11.3 Å². The lowest BCUT2D eigenvalue weighted by molar-refractivity contribution is -0.120. The Kier molecular flexibility index (Phi) is 6.56. The highest BCUT2D eigenvalue weighted by molar-refractivity contribution is 7.20. The molecule has 30 heavy (non-hydrogen) atoms. The van der Waals surface area contributed by atoms with Crippen molar-refractivity contribution in [3.63, 3.8) is 0 Å². The van der Waals surface area contributed by atoms with E-state index in [0.717, 1.165) is 48.3 Å². The van der Waals surface area contributed by atoms with E-state index in [9.17, 15) is 4.79 Å². The molecular weight excluding hydrogens is 418 g/mol. The Morgan fingerprint density at radius 3 is 2.80 bits per heavy atom. The summed E-state index contributed by atoms with van der Waals surface area (Å²) in [5.74, 6) is 0.833. The quantitative estimate of drug-likeness (QED) is 0.537. The lowest BCUT2D eigenvalue weighted by Gasteiger charge is -2.39. The fraction of sp³-hybridized carbons (Fsp3) is 0.391. The third kappa shape index (κ3) is 4.94. The number of nitrogens with zero attached hydrogens (tertiary/aromatic N) is 2. The number of para-hydroxylation sites is 1. The van der Waals surface area contributed by atoms with Crippen molar-refractivity contribution in [2.24, 2.45) is 0 Å². The average Bonchev–Trinajstić information content (AvgIpc) is 3.14. The van der Waals surface area contributed by atoms with E-state index >= 15 is 0 Å². The molecule has 1 N–H and O–H groups in total. The van der Waals surface area contributed by atoms with Crippen molar-refractivity contribution in [2.45, 2.75) is 51.7 Å². The van der Waals surface area contributed by atoms with Crippen molar-refractivity contribution in [2.75, 3.05) is 6.54 Å². The van der Waals surface area contributed by atoms with E-state index in [1.165, 1.54) is 16.9 Å². The van der Waals surface area contributed by atoms with Crippen LogP contribution in [0, 0.1) is 0 Å². The van der Waals surface area contributed by atoms with Crippen LogP contribution >= 0.6 is 22.9 Å². The number of halogens is 1. The normalized spacial score (nSPS) is 19.7. The molecule has 4 rings (SSSR count). The number of thiazole rings is 1. The number of benzene rings is 2. The Morgan fingerprint density at radius 2 is 2.10 bits per heavy atom. The molecule has 5 nitrogen and oxygen atoms in total. The summed E-state index contributed by atoms with van der Waals surface area (Å²) in [6.45, 7) is 5.71. The van der Waals surface area contributed by atoms with E-state index in [1.54, 1.807) is 6.92 Å². The fourth-order valence-electron chi connectivity index (χ4n) is 4.09. The van der Waals surface area contributed by atoms with Gasteiger partial charge in [0.2, 0.25) is 5.91 Å². The molecular formula is C23H26ClN3O2S. The topological polar surface area (TPSA) is 54.5 Å². The predicted octanol–water partition coefficient (Wildman–Crippen LogP) is 5.62. The monoisotopic (exact) mass is 443 g/mol. The largest absolute Gasteiger partial charge is 0.431 e. The van der Waals surface area contributed by atoms with Crippen LogP contribution in [0.25, 0.3) is 10.2 Å². The first-order chi connectivity index (χ1) is 14.5. The van der Waals surface area contributed by atoms with Crippen LogP contribution in [0.2, 0.25) is 5.02 Å². The van der Waals surface area contributed by atoms with Crippen LogP contribution in [0.15, 0.2) is 42.5 Å². The van der Waals surface area contributed by atoms with Gasteiger partial charge in [-0.1, -0.05) is 48.1 Å². The summed E-state index contributed by atoms with van der Waals surface area (Å²) in [4.78, 5) is 18.4. The van der Waals surface area contributed by atoms with Gasteiger partial charge in [-0.25, -0.2) is 4.98 Å². The first-order valence-electron chi connectivity index (χ1n) is 10.3. The molecule has 2 heterocycles. The number of amides is 1. The van der Waals surface area contributed by atoms with Crippen molar-refractivity contribution in [1.29, 1.82) is 0 Å². The molecule has 0 aliphatic carbocycles. The van der Waals surface area contributed by atoms with Crippen LogP contribution in [-0.2, 0) is 11.3 Å². The Labute approximate surface area is 186 Å². The van der Waals surface area contributed by atoms with Crippen LogP contribution in [0.3, 0.4) is 0 Å². The first kappa shape index (κ1) is 21.1. The summed E-state index contributed by atoms with van der Waals surface area (Å²) in [7, 11) is 0. The number of hydrogen-bond donors (Lipinski definition) is 1. The zero-order chi connectivity index (χ0) is 21.1. The van der Waals surface area contributed by atoms with Gasteiger partial charge in [0.15, 0.2) is 0 Å². The van der Waals surface area contributed by atoms with Gasteiger partial charge in [0, 0.05) is 32.1 Å². The highest BCUT2D eigenvalue weighted by atomic mass is 35.5. The molecule has 1 aliphatic heterocycles. The molecule has 2 aromatic carbocycles. The van der Waals surface area contributed by atoms with E-state index in [4.69, 9.17) is 16.3 Å². The number of carbonyl (C=O) groups is 1. The van der Waals surface area contributed by atoms with E-state index in [-0.39, 0.29) is 5.91 Å². The van der Waals surface area contributed by atoms with Gasteiger partial charge in [-0.2, -0.15) is 0 Å². The average molecular weight is 444 g/mol. The Hall–Kier alpha value is -2.15.